The first-order chi connectivity index (χ1) is 10.0. The summed E-state index contributed by atoms with van der Waals surface area (Å²) in [6.07, 6.45) is 1.49. The number of benzene rings is 1. The summed E-state index contributed by atoms with van der Waals surface area (Å²) in [6, 6.07) is 6.79. The molecule has 0 bridgehead atoms. The number of methoxy groups -OCH3 is 1. The maximum absolute atomic E-state index is 12.6. The molecule has 5 heteroatoms. The molecule has 0 spiro atoms. The SMILES string of the molecule is COc1ccccc1C(=O)C(C)N1CCCC(C(=O)O)C1. The van der Waals surface area contributed by atoms with Crippen molar-refractivity contribution in [1.82, 2.24) is 4.90 Å². The van der Waals surface area contributed by atoms with Crippen LogP contribution in [0.25, 0.3) is 0 Å². The lowest BCUT2D eigenvalue weighted by Gasteiger charge is -2.34. The number of carbonyl (C=O) groups is 2. The molecule has 1 N–H and O–H groups in total. The molecule has 1 fully saturated rings. The lowest BCUT2D eigenvalue weighted by molar-refractivity contribution is -0.143. The summed E-state index contributed by atoms with van der Waals surface area (Å²) in [5.74, 6) is -0.636. The highest BCUT2D eigenvalue weighted by molar-refractivity contribution is 6.02. The van der Waals surface area contributed by atoms with Crippen LogP contribution in [0, 0.1) is 5.92 Å². The molecule has 1 aromatic rings. The molecule has 1 saturated heterocycles. The molecule has 0 radical (unpaired) electrons. The minimum absolute atomic E-state index is 0.0292. The Balaban J connectivity index is 2.13. The van der Waals surface area contributed by atoms with Crippen molar-refractivity contribution in [2.24, 2.45) is 5.92 Å². The van der Waals surface area contributed by atoms with Crippen LogP contribution in [0.1, 0.15) is 30.1 Å². The Kier molecular flexibility index (Phi) is 4.96. The van der Waals surface area contributed by atoms with Gasteiger partial charge >= 0.3 is 5.97 Å². The summed E-state index contributed by atoms with van der Waals surface area (Å²) in [4.78, 5) is 25.7. The van der Waals surface area contributed by atoms with Gasteiger partial charge in [0.1, 0.15) is 5.75 Å². The number of nitrogens with zero attached hydrogens (tertiary/aromatic N) is 1. The van der Waals surface area contributed by atoms with Crippen LogP contribution in [0.15, 0.2) is 24.3 Å². The van der Waals surface area contributed by atoms with Gasteiger partial charge in [0.2, 0.25) is 0 Å². The zero-order valence-electron chi connectivity index (χ0n) is 12.4. The third-order valence-electron chi connectivity index (χ3n) is 4.10. The van der Waals surface area contributed by atoms with Crippen molar-refractivity contribution in [2.45, 2.75) is 25.8 Å². The normalized spacial score (nSPS) is 20.8. The first-order valence-corrected chi connectivity index (χ1v) is 7.18. The van der Waals surface area contributed by atoms with E-state index in [1.165, 1.54) is 7.11 Å². The monoisotopic (exact) mass is 291 g/mol. The average Bonchev–Trinajstić information content (AvgIpc) is 2.53. The van der Waals surface area contributed by atoms with Gasteiger partial charge in [-0.1, -0.05) is 12.1 Å². The number of hydrogen-bond acceptors (Lipinski definition) is 4. The maximum atomic E-state index is 12.6. The third-order valence-corrected chi connectivity index (χ3v) is 4.10. The fourth-order valence-electron chi connectivity index (χ4n) is 2.80. The Morgan fingerprint density at radius 1 is 1.38 bits per heavy atom. The van der Waals surface area contributed by atoms with Crippen molar-refractivity contribution in [1.29, 1.82) is 0 Å². The number of carboxylic acids is 1. The molecule has 0 saturated carbocycles. The van der Waals surface area contributed by atoms with E-state index in [-0.39, 0.29) is 17.7 Å². The zero-order valence-corrected chi connectivity index (χ0v) is 12.4. The Hall–Kier alpha value is -1.88. The molecule has 5 nitrogen and oxygen atoms in total. The van der Waals surface area contributed by atoms with Gasteiger partial charge in [-0.05, 0) is 38.4 Å². The standard InChI is InChI=1S/C16H21NO4/c1-11(17-9-5-6-12(10-17)16(19)20)15(18)13-7-3-4-8-14(13)21-2/h3-4,7-8,11-12H,5-6,9-10H2,1-2H3,(H,19,20). The number of ketones is 1. The smallest absolute Gasteiger partial charge is 0.307 e. The number of aliphatic carboxylic acids is 1. The Labute approximate surface area is 124 Å². The van der Waals surface area contributed by atoms with E-state index in [4.69, 9.17) is 9.84 Å². The number of carboxylic acid groups (broad SMARTS) is 1. The molecule has 1 aromatic carbocycles. The summed E-state index contributed by atoms with van der Waals surface area (Å²) in [7, 11) is 1.54. The molecule has 2 unspecified atom stereocenters. The van der Waals surface area contributed by atoms with E-state index in [0.29, 0.717) is 24.3 Å². The van der Waals surface area contributed by atoms with Gasteiger partial charge in [0, 0.05) is 6.54 Å². The molecular formula is C16H21NO4. The average molecular weight is 291 g/mol. The number of rotatable bonds is 5. The van der Waals surface area contributed by atoms with Gasteiger partial charge in [-0.2, -0.15) is 0 Å². The van der Waals surface area contributed by atoms with Gasteiger partial charge in [0.05, 0.1) is 24.6 Å². The van der Waals surface area contributed by atoms with Crippen LogP contribution in [-0.2, 0) is 4.79 Å². The van der Waals surface area contributed by atoms with E-state index in [2.05, 4.69) is 0 Å². The van der Waals surface area contributed by atoms with Crippen LogP contribution < -0.4 is 4.74 Å². The molecule has 1 aliphatic rings. The summed E-state index contributed by atoms with van der Waals surface area (Å²) in [5.41, 5.74) is 0.546. The van der Waals surface area contributed by atoms with Gasteiger partial charge in [0.25, 0.3) is 0 Å². The highest BCUT2D eigenvalue weighted by atomic mass is 16.5. The van der Waals surface area contributed by atoms with Gasteiger partial charge in [0.15, 0.2) is 5.78 Å². The number of Topliss-reactive ketones (excluding diaryl/α,β-unsaturated/α-hetero) is 1. The van der Waals surface area contributed by atoms with Crippen LogP contribution in [0.3, 0.4) is 0 Å². The highest BCUT2D eigenvalue weighted by Crippen LogP contribution is 2.24. The lowest BCUT2D eigenvalue weighted by Crippen LogP contribution is -2.46. The number of hydrogen-bond donors (Lipinski definition) is 1. The zero-order chi connectivity index (χ0) is 15.4. The number of likely N-dealkylation sites (tertiary alicyclic amines) is 1. The van der Waals surface area contributed by atoms with E-state index in [0.717, 1.165) is 13.0 Å². The van der Waals surface area contributed by atoms with E-state index in [1.54, 1.807) is 18.2 Å². The van der Waals surface area contributed by atoms with E-state index in [9.17, 15) is 9.59 Å². The highest BCUT2D eigenvalue weighted by Gasteiger charge is 2.31. The predicted octanol–water partition coefficient (Wildman–Crippen LogP) is 2.06. The predicted molar refractivity (Wildman–Crippen MR) is 78.7 cm³/mol. The molecule has 1 aliphatic heterocycles. The minimum Gasteiger partial charge on any atom is -0.496 e. The number of para-hydroxylation sites is 1. The van der Waals surface area contributed by atoms with E-state index >= 15 is 0 Å². The van der Waals surface area contributed by atoms with Crippen molar-refractivity contribution >= 4 is 11.8 Å². The number of piperidine rings is 1. The molecular weight excluding hydrogens is 270 g/mol. The summed E-state index contributed by atoms with van der Waals surface area (Å²) >= 11 is 0. The second kappa shape index (κ2) is 6.72. The van der Waals surface area contributed by atoms with Crippen LogP contribution in [0.5, 0.6) is 5.75 Å². The van der Waals surface area contributed by atoms with Crippen LogP contribution in [-0.4, -0.2) is 48.0 Å². The fraction of sp³-hybridized carbons (Fsp3) is 0.500. The Bertz CT molecular complexity index is 529. The van der Waals surface area contributed by atoms with Crippen molar-refractivity contribution in [2.75, 3.05) is 20.2 Å². The van der Waals surface area contributed by atoms with Gasteiger partial charge in [-0.15, -0.1) is 0 Å². The Morgan fingerprint density at radius 2 is 2.10 bits per heavy atom. The molecule has 0 amide bonds. The maximum Gasteiger partial charge on any atom is 0.307 e. The fourth-order valence-corrected chi connectivity index (χ4v) is 2.80. The summed E-state index contributed by atoms with van der Waals surface area (Å²) in [5, 5.41) is 9.14. The van der Waals surface area contributed by atoms with Gasteiger partial charge in [-0.3, -0.25) is 14.5 Å². The van der Waals surface area contributed by atoms with Crippen LogP contribution >= 0.6 is 0 Å². The van der Waals surface area contributed by atoms with Gasteiger partial charge in [-0.25, -0.2) is 0 Å². The lowest BCUT2D eigenvalue weighted by atomic mass is 9.95. The minimum atomic E-state index is -0.781. The first-order valence-electron chi connectivity index (χ1n) is 7.18. The van der Waals surface area contributed by atoms with Crippen molar-refractivity contribution in [3.05, 3.63) is 29.8 Å². The molecule has 0 aliphatic carbocycles. The summed E-state index contributed by atoms with van der Waals surface area (Å²) in [6.45, 7) is 3.02. The van der Waals surface area contributed by atoms with Gasteiger partial charge < -0.3 is 9.84 Å². The first kappa shape index (κ1) is 15.5. The number of carbonyl (C=O) groups excluding carboxylic acids is 1. The second-order valence-electron chi connectivity index (χ2n) is 5.41. The Morgan fingerprint density at radius 3 is 2.76 bits per heavy atom. The molecule has 0 aromatic heterocycles. The molecule has 21 heavy (non-hydrogen) atoms. The molecule has 2 rings (SSSR count). The van der Waals surface area contributed by atoms with E-state index < -0.39 is 5.97 Å². The summed E-state index contributed by atoms with van der Waals surface area (Å²) < 4.78 is 5.23. The van der Waals surface area contributed by atoms with Crippen molar-refractivity contribution < 1.29 is 19.4 Å². The quantitative estimate of drug-likeness (QED) is 0.841. The van der Waals surface area contributed by atoms with Crippen molar-refractivity contribution in [3.63, 3.8) is 0 Å². The second-order valence-corrected chi connectivity index (χ2v) is 5.41. The number of ether oxygens (including phenoxy) is 1. The van der Waals surface area contributed by atoms with Crippen LogP contribution in [0.4, 0.5) is 0 Å². The molecule has 114 valence electrons. The van der Waals surface area contributed by atoms with Crippen molar-refractivity contribution in [3.8, 4) is 5.75 Å². The largest absolute Gasteiger partial charge is 0.496 e. The molecule has 2 atom stereocenters. The van der Waals surface area contributed by atoms with E-state index in [1.807, 2.05) is 17.9 Å². The third kappa shape index (κ3) is 3.42. The topological polar surface area (TPSA) is 66.8 Å². The molecule has 1 heterocycles. The van der Waals surface area contributed by atoms with Crippen LogP contribution in [0.2, 0.25) is 0 Å².